The van der Waals surface area contributed by atoms with E-state index < -0.39 is 0 Å². The van der Waals surface area contributed by atoms with Crippen LogP contribution in [0.2, 0.25) is 0 Å². The summed E-state index contributed by atoms with van der Waals surface area (Å²) in [5, 5.41) is 2.97. The van der Waals surface area contributed by atoms with Crippen LogP contribution in [0.15, 0.2) is 84.9 Å². The van der Waals surface area contributed by atoms with Gasteiger partial charge in [0, 0.05) is 25.6 Å². The molecule has 0 radical (unpaired) electrons. The van der Waals surface area contributed by atoms with E-state index in [0.717, 1.165) is 46.7 Å². The molecular weight excluding hydrogens is 410 g/mol. The summed E-state index contributed by atoms with van der Waals surface area (Å²) in [5.41, 5.74) is 4.18. The molecule has 0 atom stereocenters. The summed E-state index contributed by atoms with van der Waals surface area (Å²) in [7, 11) is 0. The summed E-state index contributed by atoms with van der Waals surface area (Å²) >= 11 is 0. The number of nitrogens with zero attached hydrogens (tertiary/aromatic N) is 2. The van der Waals surface area contributed by atoms with E-state index in [-0.39, 0.29) is 5.91 Å². The van der Waals surface area contributed by atoms with Gasteiger partial charge < -0.3 is 14.6 Å². The number of imidazole rings is 1. The molecule has 0 bridgehead atoms. The van der Waals surface area contributed by atoms with Crippen LogP contribution in [0.25, 0.3) is 17.1 Å². The maximum absolute atomic E-state index is 12.3. The van der Waals surface area contributed by atoms with Crippen LogP contribution in [0, 0.1) is 0 Å². The highest BCUT2D eigenvalue weighted by atomic mass is 16.5. The summed E-state index contributed by atoms with van der Waals surface area (Å²) in [4.78, 5) is 17.1. The second kappa shape index (κ2) is 11.1. The average Bonchev–Trinajstić information content (AvgIpc) is 3.20. The van der Waals surface area contributed by atoms with Crippen LogP contribution >= 0.6 is 0 Å². The quantitative estimate of drug-likeness (QED) is 0.337. The fourth-order valence-corrected chi connectivity index (χ4v) is 3.77. The number of benzene rings is 3. The number of para-hydroxylation sites is 2. The molecule has 33 heavy (non-hydrogen) atoms. The van der Waals surface area contributed by atoms with Gasteiger partial charge in [-0.25, -0.2) is 4.98 Å². The van der Waals surface area contributed by atoms with Crippen molar-refractivity contribution in [3.8, 4) is 5.75 Å². The van der Waals surface area contributed by atoms with Gasteiger partial charge in [0.05, 0.1) is 11.0 Å². The number of nitrogens with one attached hydrogen (secondary N) is 1. The van der Waals surface area contributed by atoms with E-state index in [1.54, 1.807) is 12.2 Å². The van der Waals surface area contributed by atoms with Crippen LogP contribution in [0.1, 0.15) is 30.3 Å². The number of hydrogen-bond donors (Lipinski definition) is 1. The normalized spacial score (nSPS) is 11.2. The Balaban J connectivity index is 1.30. The van der Waals surface area contributed by atoms with Crippen molar-refractivity contribution < 1.29 is 9.53 Å². The Morgan fingerprint density at radius 2 is 1.85 bits per heavy atom. The number of carbonyl (C=O) groups excluding carboxylic acids is 1. The summed E-state index contributed by atoms with van der Waals surface area (Å²) < 4.78 is 8.11. The first-order chi connectivity index (χ1) is 16.2. The molecular formula is C28H29N3O2. The van der Waals surface area contributed by atoms with Crippen molar-refractivity contribution in [2.75, 3.05) is 6.54 Å². The molecule has 5 heteroatoms. The van der Waals surface area contributed by atoms with Gasteiger partial charge in [0.25, 0.3) is 0 Å². The predicted octanol–water partition coefficient (Wildman–Crippen LogP) is 5.40. The largest absolute Gasteiger partial charge is 0.489 e. The highest BCUT2D eigenvalue weighted by Gasteiger charge is 2.09. The van der Waals surface area contributed by atoms with Crippen LogP contribution in [0.4, 0.5) is 0 Å². The molecule has 4 aromatic rings. The fraction of sp³-hybridized carbons (Fsp3) is 0.214. The van der Waals surface area contributed by atoms with Crippen molar-refractivity contribution >= 4 is 23.0 Å². The Morgan fingerprint density at radius 1 is 1.03 bits per heavy atom. The molecule has 0 aliphatic carbocycles. The molecule has 4 rings (SSSR count). The van der Waals surface area contributed by atoms with Gasteiger partial charge in [-0.15, -0.1) is 0 Å². The van der Waals surface area contributed by atoms with Crippen molar-refractivity contribution in [3.05, 3.63) is 102 Å². The molecule has 1 N–H and O–H groups in total. The molecule has 1 aromatic heterocycles. The number of aromatic nitrogens is 2. The first-order valence-electron chi connectivity index (χ1n) is 11.4. The van der Waals surface area contributed by atoms with E-state index in [2.05, 4.69) is 22.9 Å². The van der Waals surface area contributed by atoms with E-state index in [4.69, 9.17) is 9.72 Å². The van der Waals surface area contributed by atoms with Crippen LogP contribution in [0.3, 0.4) is 0 Å². The van der Waals surface area contributed by atoms with E-state index in [0.29, 0.717) is 19.6 Å². The lowest BCUT2D eigenvalue weighted by Gasteiger charge is -2.08. The minimum absolute atomic E-state index is 0.122. The average molecular weight is 440 g/mol. The number of ether oxygens (including phenoxy) is 1. The second-order valence-corrected chi connectivity index (χ2v) is 7.89. The first kappa shape index (κ1) is 22.3. The number of aryl methyl sites for hydroxylation is 1. The monoisotopic (exact) mass is 439 g/mol. The van der Waals surface area contributed by atoms with E-state index >= 15 is 0 Å². The second-order valence-electron chi connectivity index (χ2n) is 7.89. The summed E-state index contributed by atoms with van der Waals surface area (Å²) in [6.07, 6.45) is 5.09. The molecule has 168 valence electrons. The topological polar surface area (TPSA) is 56.2 Å². The minimum Gasteiger partial charge on any atom is -0.489 e. The maximum atomic E-state index is 12.3. The third kappa shape index (κ3) is 6.10. The molecule has 1 heterocycles. The highest BCUT2D eigenvalue weighted by Crippen LogP contribution is 2.18. The lowest BCUT2D eigenvalue weighted by molar-refractivity contribution is -0.116. The van der Waals surface area contributed by atoms with Crippen LogP contribution in [0.5, 0.6) is 5.75 Å². The summed E-state index contributed by atoms with van der Waals surface area (Å²) in [6, 6.07) is 25.9. The Labute approximate surface area is 194 Å². The van der Waals surface area contributed by atoms with Gasteiger partial charge in [0.2, 0.25) is 5.91 Å². The SMILES string of the molecule is CCCn1c(CCNC(=O)/C=C/c2cccc(OCc3ccccc3)c2)nc2ccccc21. The van der Waals surface area contributed by atoms with Gasteiger partial charge in [0.1, 0.15) is 18.2 Å². The molecule has 5 nitrogen and oxygen atoms in total. The predicted molar refractivity (Wildman–Crippen MR) is 133 cm³/mol. The summed E-state index contributed by atoms with van der Waals surface area (Å²) in [5.74, 6) is 1.66. The van der Waals surface area contributed by atoms with Gasteiger partial charge >= 0.3 is 0 Å². The number of carbonyl (C=O) groups is 1. The standard InChI is InChI=1S/C28H29N3O2/c1-2-19-31-26-14-7-6-13-25(26)30-27(31)17-18-29-28(32)16-15-22-11-8-12-24(20-22)33-21-23-9-4-3-5-10-23/h3-16,20H,2,17-19,21H2,1H3,(H,29,32)/b16-15+. The van der Waals surface area contributed by atoms with Crippen molar-refractivity contribution in [1.29, 1.82) is 0 Å². The number of hydrogen-bond acceptors (Lipinski definition) is 3. The Morgan fingerprint density at radius 3 is 2.70 bits per heavy atom. The van der Waals surface area contributed by atoms with E-state index in [1.165, 1.54) is 0 Å². The third-order valence-electron chi connectivity index (χ3n) is 5.36. The maximum Gasteiger partial charge on any atom is 0.244 e. The lowest BCUT2D eigenvalue weighted by atomic mass is 10.2. The summed E-state index contributed by atoms with van der Waals surface area (Å²) in [6.45, 7) is 4.13. The number of amides is 1. The first-order valence-corrected chi connectivity index (χ1v) is 11.4. The third-order valence-corrected chi connectivity index (χ3v) is 5.36. The Hall–Kier alpha value is -3.86. The van der Waals surface area contributed by atoms with Crippen molar-refractivity contribution in [2.24, 2.45) is 0 Å². The molecule has 0 unspecified atom stereocenters. The van der Waals surface area contributed by atoms with Gasteiger partial charge in [-0.2, -0.15) is 0 Å². The highest BCUT2D eigenvalue weighted by molar-refractivity contribution is 5.91. The molecule has 3 aromatic carbocycles. The number of rotatable bonds is 10. The molecule has 0 saturated carbocycles. The van der Waals surface area contributed by atoms with E-state index in [1.807, 2.05) is 72.8 Å². The zero-order valence-electron chi connectivity index (χ0n) is 18.9. The zero-order chi connectivity index (χ0) is 22.9. The molecule has 0 spiro atoms. The van der Waals surface area contributed by atoms with E-state index in [9.17, 15) is 4.79 Å². The van der Waals surface area contributed by atoms with Crippen LogP contribution < -0.4 is 10.1 Å². The number of fused-ring (bicyclic) bond motifs is 1. The van der Waals surface area contributed by atoms with Crippen molar-refractivity contribution in [3.63, 3.8) is 0 Å². The van der Waals surface area contributed by atoms with Crippen molar-refractivity contribution in [1.82, 2.24) is 14.9 Å². The van der Waals surface area contributed by atoms with Gasteiger partial charge in [0.15, 0.2) is 0 Å². The smallest absolute Gasteiger partial charge is 0.244 e. The molecule has 1 amide bonds. The Bertz CT molecular complexity index is 1230. The van der Waals surface area contributed by atoms with Gasteiger partial charge in [-0.1, -0.05) is 61.5 Å². The van der Waals surface area contributed by atoms with Gasteiger partial charge in [-0.05, 0) is 47.9 Å². The van der Waals surface area contributed by atoms with Gasteiger partial charge in [-0.3, -0.25) is 4.79 Å². The molecule has 0 fully saturated rings. The molecule has 0 aliphatic heterocycles. The van der Waals surface area contributed by atoms with Crippen molar-refractivity contribution in [2.45, 2.75) is 32.9 Å². The lowest BCUT2D eigenvalue weighted by Crippen LogP contribution is -2.24. The zero-order valence-corrected chi connectivity index (χ0v) is 18.9. The molecule has 0 saturated heterocycles. The van der Waals surface area contributed by atoms with Crippen LogP contribution in [-0.2, 0) is 24.4 Å². The van der Waals surface area contributed by atoms with Crippen LogP contribution in [-0.4, -0.2) is 22.0 Å². The minimum atomic E-state index is -0.122. The Kier molecular flexibility index (Phi) is 7.54. The molecule has 0 aliphatic rings. The fourth-order valence-electron chi connectivity index (χ4n) is 3.77.